The maximum Gasteiger partial charge on any atom is 0.335 e. The Kier molecular flexibility index (Phi) is 5.91. The lowest BCUT2D eigenvalue weighted by atomic mass is 10.2. The minimum Gasteiger partial charge on any atom is -0.478 e. The number of anilines is 1. The fraction of sp³-hybridized carbons (Fsp3) is 0.333. The molecule has 0 spiro atoms. The summed E-state index contributed by atoms with van der Waals surface area (Å²) in [6.07, 6.45) is 0. The number of rotatable bonds is 7. The number of benzene rings is 1. The fourth-order valence-electron chi connectivity index (χ4n) is 1.32. The molecule has 0 radical (unpaired) electrons. The van der Waals surface area contributed by atoms with E-state index in [1.165, 1.54) is 12.1 Å². The zero-order valence-corrected chi connectivity index (χ0v) is 10.4. The molecule has 0 fully saturated rings. The first kappa shape index (κ1) is 15.1. The van der Waals surface area contributed by atoms with Crippen LogP contribution in [0.25, 0.3) is 0 Å². The molecule has 0 atom stereocenters. The van der Waals surface area contributed by atoms with E-state index in [4.69, 9.17) is 9.84 Å². The molecule has 0 unspecified atom stereocenters. The lowest BCUT2D eigenvalue weighted by Crippen LogP contribution is -2.30. The number of hydrogen-bond acceptors (Lipinski definition) is 4. The maximum absolute atomic E-state index is 13.5. The first-order valence-corrected chi connectivity index (χ1v) is 5.57. The van der Waals surface area contributed by atoms with E-state index in [9.17, 15) is 14.0 Å². The monoisotopic (exact) mass is 270 g/mol. The van der Waals surface area contributed by atoms with Gasteiger partial charge >= 0.3 is 5.97 Å². The molecule has 7 heteroatoms. The van der Waals surface area contributed by atoms with Crippen LogP contribution >= 0.6 is 0 Å². The highest BCUT2D eigenvalue weighted by molar-refractivity contribution is 5.93. The van der Waals surface area contributed by atoms with Crippen LogP contribution in [0.4, 0.5) is 10.1 Å². The van der Waals surface area contributed by atoms with Gasteiger partial charge in [0.25, 0.3) is 0 Å². The van der Waals surface area contributed by atoms with Gasteiger partial charge in [0.05, 0.1) is 24.4 Å². The number of carbonyl (C=O) groups is 2. The predicted molar refractivity (Wildman–Crippen MR) is 66.7 cm³/mol. The van der Waals surface area contributed by atoms with Crippen LogP contribution in [0.1, 0.15) is 10.4 Å². The third kappa shape index (κ3) is 5.02. The highest BCUT2D eigenvalue weighted by atomic mass is 19.1. The molecule has 0 saturated heterocycles. The Morgan fingerprint density at radius 3 is 2.74 bits per heavy atom. The van der Waals surface area contributed by atoms with Gasteiger partial charge in [-0.15, -0.1) is 0 Å². The van der Waals surface area contributed by atoms with Crippen molar-refractivity contribution in [2.75, 3.05) is 32.1 Å². The number of ether oxygens (including phenoxy) is 1. The molecule has 1 aromatic rings. The lowest BCUT2D eigenvalue weighted by Gasteiger charge is -2.08. The molecule has 3 N–H and O–H groups in total. The molecule has 0 heterocycles. The molecule has 0 aliphatic rings. The second-order valence-corrected chi connectivity index (χ2v) is 3.72. The number of amides is 1. The first-order valence-electron chi connectivity index (χ1n) is 5.57. The van der Waals surface area contributed by atoms with Gasteiger partial charge < -0.3 is 20.5 Å². The van der Waals surface area contributed by atoms with Crippen molar-refractivity contribution in [3.63, 3.8) is 0 Å². The van der Waals surface area contributed by atoms with E-state index < -0.39 is 17.7 Å². The van der Waals surface area contributed by atoms with E-state index in [2.05, 4.69) is 10.6 Å². The van der Waals surface area contributed by atoms with Crippen molar-refractivity contribution in [3.8, 4) is 0 Å². The summed E-state index contributed by atoms with van der Waals surface area (Å²) < 4.78 is 18.3. The predicted octanol–water partition coefficient (Wildman–Crippen LogP) is 0.698. The van der Waals surface area contributed by atoms with Crippen LogP contribution in [-0.4, -0.2) is 43.8 Å². The van der Waals surface area contributed by atoms with Gasteiger partial charge in [-0.05, 0) is 18.2 Å². The molecular formula is C12H15FN2O4. The van der Waals surface area contributed by atoms with Crippen molar-refractivity contribution >= 4 is 17.6 Å². The summed E-state index contributed by atoms with van der Waals surface area (Å²) in [4.78, 5) is 22.1. The summed E-state index contributed by atoms with van der Waals surface area (Å²) >= 11 is 0. The number of nitrogens with one attached hydrogen (secondary N) is 2. The smallest absolute Gasteiger partial charge is 0.335 e. The summed E-state index contributed by atoms with van der Waals surface area (Å²) in [5.41, 5.74) is -0.225. The summed E-state index contributed by atoms with van der Waals surface area (Å²) in [5.74, 6) is -2.43. The Bertz CT molecular complexity index is 465. The molecule has 6 nitrogen and oxygen atoms in total. The molecule has 1 aromatic carbocycles. The van der Waals surface area contributed by atoms with Crippen molar-refractivity contribution in [1.82, 2.24) is 5.32 Å². The molecule has 0 aliphatic heterocycles. The SMILES string of the molecule is COCCNCC(=O)Nc1ccc(C(=O)O)cc1F. The molecule has 104 valence electrons. The summed E-state index contributed by atoms with van der Waals surface area (Å²) in [6.45, 7) is 0.989. The van der Waals surface area contributed by atoms with Gasteiger partial charge in [-0.1, -0.05) is 0 Å². The zero-order chi connectivity index (χ0) is 14.3. The number of carboxylic acids is 1. The quantitative estimate of drug-likeness (QED) is 0.635. The molecule has 0 aromatic heterocycles. The Hall–Kier alpha value is -1.99. The van der Waals surface area contributed by atoms with Gasteiger partial charge in [0.1, 0.15) is 5.82 Å². The van der Waals surface area contributed by atoms with Crippen LogP contribution in [0.2, 0.25) is 0 Å². The van der Waals surface area contributed by atoms with E-state index in [1.54, 1.807) is 7.11 Å². The second kappa shape index (κ2) is 7.45. The van der Waals surface area contributed by atoms with Gasteiger partial charge in [-0.3, -0.25) is 4.79 Å². The maximum atomic E-state index is 13.5. The summed E-state index contributed by atoms with van der Waals surface area (Å²) in [6, 6.07) is 3.29. The Morgan fingerprint density at radius 2 is 2.16 bits per heavy atom. The fourth-order valence-corrected chi connectivity index (χ4v) is 1.32. The molecule has 0 bridgehead atoms. The van der Waals surface area contributed by atoms with Crippen LogP contribution < -0.4 is 10.6 Å². The summed E-state index contributed by atoms with van der Waals surface area (Å²) in [5, 5.41) is 13.8. The molecular weight excluding hydrogens is 255 g/mol. The van der Waals surface area contributed by atoms with Crippen LogP contribution in [0.5, 0.6) is 0 Å². The van der Waals surface area contributed by atoms with Gasteiger partial charge in [0, 0.05) is 13.7 Å². The van der Waals surface area contributed by atoms with Gasteiger partial charge in [0.2, 0.25) is 5.91 Å². The number of methoxy groups -OCH3 is 1. The Labute approximate surface area is 109 Å². The largest absolute Gasteiger partial charge is 0.478 e. The van der Waals surface area contributed by atoms with E-state index in [0.29, 0.717) is 13.2 Å². The second-order valence-electron chi connectivity index (χ2n) is 3.72. The molecule has 0 saturated carbocycles. The molecule has 1 rings (SSSR count). The number of carboxylic acid groups (broad SMARTS) is 1. The van der Waals surface area contributed by atoms with Crippen molar-refractivity contribution in [3.05, 3.63) is 29.6 Å². The zero-order valence-electron chi connectivity index (χ0n) is 10.4. The minimum atomic E-state index is -1.22. The molecule has 1 amide bonds. The number of carbonyl (C=O) groups excluding carboxylic acids is 1. The number of aromatic carboxylic acids is 1. The number of hydrogen-bond donors (Lipinski definition) is 3. The Balaban J connectivity index is 2.52. The third-order valence-corrected chi connectivity index (χ3v) is 2.26. The van der Waals surface area contributed by atoms with E-state index >= 15 is 0 Å². The molecule has 19 heavy (non-hydrogen) atoms. The third-order valence-electron chi connectivity index (χ3n) is 2.26. The first-order chi connectivity index (χ1) is 9.04. The van der Waals surface area contributed by atoms with Crippen LogP contribution in [-0.2, 0) is 9.53 Å². The minimum absolute atomic E-state index is 0.0173. The van der Waals surface area contributed by atoms with Crippen molar-refractivity contribution in [1.29, 1.82) is 0 Å². The van der Waals surface area contributed by atoms with Crippen molar-refractivity contribution < 1.29 is 23.8 Å². The van der Waals surface area contributed by atoms with Gasteiger partial charge in [-0.25, -0.2) is 9.18 Å². The van der Waals surface area contributed by atoms with Crippen LogP contribution in [0.15, 0.2) is 18.2 Å². The number of halogens is 1. The normalized spacial score (nSPS) is 10.2. The van der Waals surface area contributed by atoms with Gasteiger partial charge in [0.15, 0.2) is 0 Å². The van der Waals surface area contributed by atoms with Crippen molar-refractivity contribution in [2.45, 2.75) is 0 Å². The van der Waals surface area contributed by atoms with E-state index in [-0.39, 0.29) is 17.8 Å². The standard InChI is InChI=1S/C12H15FN2O4/c1-19-5-4-14-7-11(16)15-10-3-2-8(12(17)18)6-9(10)13/h2-3,6,14H,4-5,7H2,1H3,(H,15,16)(H,17,18). The highest BCUT2D eigenvalue weighted by Crippen LogP contribution is 2.15. The topological polar surface area (TPSA) is 87.7 Å². The van der Waals surface area contributed by atoms with Crippen molar-refractivity contribution in [2.24, 2.45) is 0 Å². The Morgan fingerprint density at radius 1 is 1.42 bits per heavy atom. The van der Waals surface area contributed by atoms with E-state index in [1.807, 2.05) is 0 Å². The average molecular weight is 270 g/mol. The van der Waals surface area contributed by atoms with Gasteiger partial charge in [-0.2, -0.15) is 0 Å². The van der Waals surface area contributed by atoms with E-state index in [0.717, 1.165) is 6.07 Å². The summed E-state index contributed by atoms with van der Waals surface area (Å²) in [7, 11) is 1.54. The highest BCUT2D eigenvalue weighted by Gasteiger charge is 2.10. The van der Waals surface area contributed by atoms with Crippen LogP contribution in [0, 0.1) is 5.82 Å². The van der Waals surface area contributed by atoms with Crippen LogP contribution in [0.3, 0.4) is 0 Å². The lowest BCUT2D eigenvalue weighted by molar-refractivity contribution is -0.115. The molecule has 0 aliphatic carbocycles. The average Bonchev–Trinajstić information content (AvgIpc) is 2.37.